The number of aryl methyl sites for hydroxylation is 1. The molecule has 2 aromatic heterocycles. The summed E-state index contributed by atoms with van der Waals surface area (Å²) in [6.45, 7) is 1.51. The summed E-state index contributed by atoms with van der Waals surface area (Å²) >= 11 is 12.0. The molecule has 0 radical (unpaired) electrons. The van der Waals surface area contributed by atoms with Crippen LogP contribution >= 0.6 is 23.2 Å². The molecule has 11 heteroatoms. The van der Waals surface area contributed by atoms with Crippen LogP contribution in [0.1, 0.15) is 23.9 Å². The van der Waals surface area contributed by atoms with E-state index in [2.05, 4.69) is 9.97 Å². The molecule has 0 saturated carbocycles. The molecule has 3 rings (SSSR count). The van der Waals surface area contributed by atoms with Crippen LogP contribution in [0.3, 0.4) is 0 Å². The standard InChI is InChI=1S/C19H16Cl2F3N3O2S/c1-3-30(28,29)10-12(6-11-4-5-14(20)15(21)7-11)17-26-16-8-13(19(22,23)24)9-25-18(16)27(17)2/h4-9H,3,10H2,1-2H3/b12-6+. The van der Waals surface area contributed by atoms with E-state index in [4.69, 9.17) is 23.2 Å². The molecule has 0 unspecified atom stereocenters. The molecule has 0 fully saturated rings. The molecule has 0 saturated heterocycles. The Hall–Kier alpha value is -2.10. The van der Waals surface area contributed by atoms with Crippen molar-refractivity contribution in [2.45, 2.75) is 13.1 Å². The smallest absolute Gasteiger partial charge is 0.312 e. The normalized spacial score (nSPS) is 13.2. The zero-order valence-corrected chi connectivity index (χ0v) is 18.2. The molecule has 0 aliphatic heterocycles. The van der Waals surface area contributed by atoms with Crippen LogP contribution in [0, 0.1) is 0 Å². The van der Waals surface area contributed by atoms with Crippen LogP contribution in [0.5, 0.6) is 0 Å². The molecule has 0 atom stereocenters. The average molecular weight is 478 g/mol. The number of imidazole rings is 1. The number of benzene rings is 1. The van der Waals surface area contributed by atoms with E-state index in [9.17, 15) is 21.6 Å². The van der Waals surface area contributed by atoms with E-state index >= 15 is 0 Å². The van der Waals surface area contributed by atoms with Gasteiger partial charge in [0.25, 0.3) is 0 Å². The third-order valence-electron chi connectivity index (χ3n) is 4.42. The lowest BCUT2D eigenvalue weighted by molar-refractivity contribution is -0.137. The molecule has 0 aliphatic carbocycles. The van der Waals surface area contributed by atoms with Gasteiger partial charge in [-0.25, -0.2) is 18.4 Å². The molecule has 1 aromatic carbocycles. The Morgan fingerprint density at radius 2 is 1.90 bits per heavy atom. The van der Waals surface area contributed by atoms with E-state index in [1.165, 1.54) is 11.5 Å². The fraction of sp³-hybridized carbons (Fsp3) is 0.263. The molecule has 5 nitrogen and oxygen atoms in total. The summed E-state index contributed by atoms with van der Waals surface area (Å²) in [5.41, 5.74) is 0.144. The number of alkyl halides is 3. The van der Waals surface area contributed by atoms with E-state index in [1.807, 2.05) is 0 Å². The van der Waals surface area contributed by atoms with Crippen LogP contribution < -0.4 is 0 Å². The molecule has 0 amide bonds. The average Bonchev–Trinajstić information content (AvgIpc) is 2.99. The van der Waals surface area contributed by atoms with Gasteiger partial charge in [0.2, 0.25) is 0 Å². The maximum absolute atomic E-state index is 13.0. The van der Waals surface area contributed by atoms with Gasteiger partial charge in [-0.05, 0) is 29.8 Å². The minimum atomic E-state index is -4.57. The predicted octanol–water partition coefficient (Wildman–Crippen LogP) is 5.27. The first kappa shape index (κ1) is 22.6. The summed E-state index contributed by atoms with van der Waals surface area (Å²) in [7, 11) is -1.91. The molecule has 0 N–H and O–H groups in total. The van der Waals surface area contributed by atoms with Crippen molar-refractivity contribution in [1.29, 1.82) is 0 Å². The second-order valence-corrected chi connectivity index (χ2v) is 9.75. The summed E-state index contributed by atoms with van der Waals surface area (Å²) < 4.78 is 65.2. The van der Waals surface area contributed by atoms with Crippen molar-refractivity contribution in [3.8, 4) is 0 Å². The molecule has 3 aromatic rings. The summed E-state index contributed by atoms with van der Waals surface area (Å²) in [6, 6.07) is 5.66. The maximum atomic E-state index is 13.0. The second kappa shape index (κ2) is 8.20. The first-order chi connectivity index (χ1) is 13.9. The predicted molar refractivity (Wildman–Crippen MR) is 112 cm³/mol. The van der Waals surface area contributed by atoms with Gasteiger partial charge in [0.1, 0.15) is 11.3 Å². The second-order valence-electron chi connectivity index (χ2n) is 6.58. The zero-order chi connectivity index (χ0) is 22.3. The number of halogens is 5. The largest absolute Gasteiger partial charge is 0.417 e. The highest BCUT2D eigenvalue weighted by Gasteiger charge is 2.32. The number of hydrogen-bond donors (Lipinski definition) is 0. The summed E-state index contributed by atoms with van der Waals surface area (Å²) in [4.78, 5) is 8.11. The lowest BCUT2D eigenvalue weighted by Gasteiger charge is -2.09. The highest BCUT2D eigenvalue weighted by Crippen LogP contribution is 2.32. The van der Waals surface area contributed by atoms with Gasteiger partial charge in [0.05, 0.1) is 21.4 Å². The number of nitrogens with zero attached hydrogens (tertiary/aromatic N) is 3. The van der Waals surface area contributed by atoms with Gasteiger partial charge >= 0.3 is 6.18 Å². The molecule has 2 heterocycles. The first-order valence-electron chi connectivity index (χ1n) is 8.67. The van der Waals surface area contributed by atoms with Crippen molar-refractivity contribution in [3.05, 3.63) is 57.5 Å². The van der Waals surface area contributed by atoms with Crippen molar-refractivity contribution in [1.82, 2.24) is 14.5 Å². The van der Waals surface area contributed by atoms with E-state index in [0.717, 1.165) is 12.3 Å². The Labute approximate surface area is 181 Å². The Bertz CT molecular complexity index is 1250. The Balaban J connectivity index is 2.20. The van der Waals surface area contributed by atoms with E-state index in [1.54, 1.807) is 31.3 Å². The molecule has 0 spiro atoms. The number of fused-ring (bicyclic) bond motifs is 1. The van der Waals surface area contributed by atoms with Crippen molar-refractivity contribution in [3.63, 3.8) is 0 Å². The topological polar surface area (TPSA) is 64.8 Å². The molecule has 30 heavy (non-hydrogen) atoms. The van der Waals surface area contributed by atoms with Crippen LogP contribution in [-0.4, -0.2) is 34.5 Å². The van der Waals surface area contributed by atoms with E-state index in [0.29, 0.717) is 16.2 Å². The van der Waals surface area contributed by atoms with Crippen LogP contribution in [0.4, 0.5) is 13.2 Å². The number of sulfone groups is 1. The highest BCUT2D eigenvalue weighted by atomic mass is 35.5. The van der Waals surface area contributed by atoms with Crippen LogP contribution in [0.2, 0.25) is 10.0 Å². The summed E-state index contributed by atoms with van der Waals surface area (Å²) in [6.07, 6.45) is -2.27. The number of pyridine rings is 1. The third kappa shape index (κ3) is 4.79. The zero-order valence-electron chi connectivity index (χ0n) is 15.8. The molecule has 0 bridgehead atoms. The molecule has 0 aliphatic rings. The fourth-order valence-electron chi connectivity index (χ4n) is 2.83. The lowest BCUT2D eigenvalue weighted by atomic mass is 10.1. The van der Waals surface area contributed by atoms with Gasteiger partial charge < -0.3 is 4.57 Å². The number of aromatic nitrogens is 3. The van der Waals surface area contributed by atoms with E-state index < -0.39 is 21.6 Å². The van der Waals surface area contributed by atoms with E-state index in [-0.39, 0.29) is 33.5 Å². The Kier molecular flexibility index (Phi) is 6.18. The quantitative estimate of drug-likeness (QED) is 0.501. The van der Waals surface area contributed by atoms with Crippen molar-refractivity contribution in [2.75, 3.05) is 11.5 Å². The van der Waals surface area contributed by atoms with Crippen LogP contribution in [0.15, 0.2) is 30.5 Å². The van der Waals surface area contributed by atoms with Crippen LogP contribution in [0.25, 0.3) is 22.8 Å². The Morgan fingerprint density at radius 3 is 2.50 bits per heavy atom. The van der Waals surface area contributed by atoms with Gasteiger partial charge in [0, 0.05) is 24.6 Å². The molecule has 160 valence electrons. The highest BCUT2D eigenvalue weighted by molar-refractivity contribution is 7.91. The monoisotopic (exact) mass is 477 g/mol. The Morgan fingerprint density at radius 1 is 1.20 bits per heavy atom. The number of hydrogen-bond acceptors (Lipinski definition) is 4. The molecular weight excluding hydrogens is 462 g/mol. The molecular formula is C19H16Cl2F3N3O2S. The van der Waals surface area contributed by atoms with Gasteiger partial charge in [-0.2, -0.15) is 13.2 Å². The maximum Gasteiger partial charge on any atom is 0.417 e. The van der Waals surface area contributed by atoms with Gasteiger partial charge in [-0.3, -0.25) is 0 Å². The SMILES string of the molecule is CCS(=O)(=O)C/C(=C\c1ccc(Cl)c(Cl)c1)c1nc2cc(C(F)(F)F)cnc2n1C. The van der Waals surface area contributed by atoms with Crippen molar-refractivity contribution < 1.29 is 21.6 Å². The van der Waals surface area contributed by atoms with Gasteiger partial charge in [-0.15, -0.1) is 0 Å². The number of rotatable bonds is 5. The van der Waals surface area contributed by atoms with Gasteiger partial charge in [0.15, 0.2) is 15.5 Å². The fourth-order valence-corrected chi connectivity index (χ4v) is 4.03. The first-order valence-corrected chi connectivity index (χ1v) is 11.2. The minimum absolute atomic E-state index is 0.0104. The summed E-state index contributed by atoms with van der Waals surface area (Å²) in [5, 5.41) is 0.618. The summed E-state index contributed by atoms with van der Waals surface area (Å²) in [5.74, 6) is -0.265. The lowest BCUT2D eigenvalue weighted by Crippen LogP contribution is -2.12. The van der Waals surface area contributed by atoms with Crippen molar-refractivity contribution >= 4 is 55.9 Å². The third-order valence-corrected chi connectivity index (χ3v) is 6.79. The van der Waals surface area contributed by atoms with Gasteiger partial charge in [-0.1, -0.05) is 36.2 Å². The minimum Gasteiger partial charge on any atom is -0.312 e. The van der Waals surface area contributed by atoms with Crippen molar-refractivity contribution in [2.24, 2.45) is 7.05 Å². The van der Waals surface area contributed by atoms with Crippen LogP contribution in [-0.2, 0) is 23.1 Å².